The lowest BCUT2D eigenvalue weighted by atomic mass is 9.98. The van der Waals surface area contributed by atoms with Gasteiger partial charge in [-0.05, 0) is 41.5 Å². The van der Waals surface area contributed by atoms with Crippen LogP contribution in [0.2, 0.25) is 0 Å². The number of carbonyl (C=O) groups is 1. The number of amides is 1. The fraction of sp³-hybridized carbons (Fsp3) is 0.125. The molecular formula is C24H18N2O5. The van der Waals surface area contributed by atoms with E-state index in [1.54, 1.807) is 59.8 Å². The molecule has 2 aromatic heterocycles. The Bertz CT molecular complexity index is 1360. The highest BCUT2D eigenvalue weighted by Crippen LogP contribution is 2.41. The number of ether oxygens (including phenoxy) is 1. The maximum atomic E-state index is 13.4. The van der Waals surface area contributed by atoms with Crippen LogP contribution in [0.5, 0.6) is 11.5 Å². The normalized spacial score (nSPS) is 15.3. The van der Waals surface area contributed by atoms with Crippen molar-refractivity contribution in [2.45, 2.75) is 12.6 Å². The Morgan fingerprint density at radius 1 is 1.13 bits per heavy atom. The number of hydrogen-bond donors (Lipinski definition) is 1. The van der Waals surface area contributed by atoms with Crippen molar-refractivity contribution in [1.29, 1.82) is 0 Å². The molecule has 1 amide bonds. The molecule has 154 valence electrons. The summed E-state index contributed by atoms with van der Waals surface area (Å²) in [6.45, 7) is 0.237. The molecule has 0 spiro atoms. The first-order valence-electron chi connectivity index (χ1n) is 9.71. The van der Waals surface area contributed by atoms with E-state index in [0.717, 1.165) is 5.56 Å². The smallest absolute Gasteiger partial charge is 0.291 e. The second-order valence-electron chi connectivity index (χ2n) is 7.30. The van der Waals surface area contributed by atoms with Crippen LogP contribution in [0.4, 0.5) is 0 Å². The Labute approximate surface area is 177 Å². The zero-order valence-corrected chi connectivity index (χ0v) is 16.6. The molecule has 1 aliphatic heterocycles. The van der Waals surface area contributed by atoms with E-state index in [1.165, 1.54) is 13.2 Å². The lowest BCUT2D eigenvalue weighted by molar-refractivity contribution is 0.0714. The molecule has 0 radical (unpaired) electrons. The van der Waals surface area contributed by atoms with E-state index >= 15 is 0 Å². The number of carbonyl (C=O) groups excluding carboxylic acids is 1. The average molecular weight is 414 g/mol. The third-order valence-corrected chi connectivity index (χ3v) is 5.47. The summed E-state index contributed by atoms with van der Waals surface area (Å²) in [5.74, 6) is -0.117. The minimum absolute atomic E-state index is 0.0276. The number of phenolic OH excluding ortho intramolecular Hbond substituents is 1. The van der Waals surface area contributed by atoms with Crippen LogP contribution >= 0.6 is 0 Å². The van der Waals surface area contributed by atoms with E-state index in [9.17, 15) is 14.7 Å². The van der Waals surface area contributed by atoms with E-state index in [4.69, 9.17) is 9.15 Å². The van der Waals surface area contributed by atoms with Gasteiger partial charge in [-0.25, -0.2) is 0 Å². The Morgan fingerprint density at radius 3 is 2.74 bits per heavy atom. The highest BCUT2D eigenvalue weighted by Gasteiger charge is 2.43. The van der Waals surface area contributed by atoms with Crippen molar-refractivity contribution >= 4 is 16.9 Å². The molecule has 0 unspecified atom stereocenters. The molecule has 0 bridgehead atoms. The van der Waals surface area contributed by atoms with Gasteiger partial charge < -0.3 is 19.2 Å². The van der Waals surface area contributed by atoms with Crippen LogP contribution in [0.3, 0.4) is 0 Å². The van der Waals surface area contributed by atoms with Crippen LogP contribution < -0.4 is 10.2 Å². The number of aromatic nitrogens is 1. The topological polar surface area (TPSA) is 92.9 Å². The SMILES string of the molecule is COc1cc([C@H]2c3c(oc4ccccc4c3=O)C(=O)N2Cc2cccnc2)ccc1O. The number of benzene rings is 2. The quantitative estimate of drug-likeness (QED) is 0.548. The minimum Gasteiger partial charge on any atom is -0.504 e. The summed E-state index contributed by atoms with van der Waals surface area (Å²) in [5.41, 5.74) is 1.84. The van der Waals surface area contributed by atoms with E-state index in [1.807, 2.05) is 6.07 Å². The summed E-state index contributed by atoms with van der Waals surface area (Å²) < 4.78 is 11.2. The summed E-state index contributed by atoms with van der Waals surface area (Å²) in [6, 6.07) is 14.6. The van der Waals surface area contributed by atoms with Crippen LogP contribution in [0.15, 0.2) is 76.2 Å². The number of rotatable bonds is 4. The average Bonchev–Trinajstić information content (AvgIpc) is 3.07. The molecule has 1 N–H and O–H groups in total. The highest BCUT2D eigenvalue weighted by atomic mass is 16.5. The molecule has 3 heterocycles. The van der Waals surface area contributed by atoms with Gasteiger partial charge in [0.15, 0.2) is 16.9 Å². The fourth-order valence-corrected chi connectivity index (χ4v) is 4.03. The lowest BCUT2D eigenvalue weighted by Crippen LogP contribution is -2.29. The summed E-state index contributed by atoms with van der Waals surface area (Å²) in [6.07, 6.45) is 3.33. The first-order valence-corrected chi connectivity index (χ1v) is 9.71. The van der Waals surface area contributed by atoms with Gasteiger partial charge in [0.2, 0.25) is 5.76 Å². The van der Waals surface area contributed by atoms with Gasteiger partial charge in [0.25, 0.3) is 5.91 Å². The number of aromatic hydroxyl groups is 1. The molecular weight excluding hydrogens is 396 g/mol. The van der Waals surface area contributed by atoms with Crippen LogP contribution in [-0.2, 0) is 6.54 Å². The molecule has 0 saturated carbocycles. The van der Waals surface area contributed by atoms with Crippen molar-refractivity contribution in [3.63, 3.8) is 0 Å². The monoisotopic (exact) mass is 414 g/mol. The van der Waals surface area contributed by atoms with E-state index in [-0.39, 0.29) is 40.7 Å². The molecule has 1 atom stereocenters. The zero-order valence-electron chi connectivity index (χ0n) is 16.6. The number of para-hydroxylation sites is 1. The highest BCUT2D eigenvalue weighted by molar-refractivity contribution is 5.99. The maximum absolute atomic E-state index is 13.4. The second-order valence-corrected chi connectivity index (χ2v) is 7.30. The predicted octanol–water partition coefficient (Wildman–Crippen LogP) is 3.65. The van der Waals surface area contributed by atoms with Gasteiger partial charge in [-0.1, -0.05) is 24.3 Å². The van der Waals surface area contributed by atoms with Gasteiger partial charge in [-0.15, -0.1) is 0 Å². The van der Waals surface area contributed by atoms with Crippen molar-refractivity contribution in [3.8, 4) is 11.5 Å². The molecule has 0 fully saturated rings. The van der Waals surface area contributed by atoms with Crippen molar-refractivity contribution in [2.75, 3.05) is 7.11 Å². The van der Waals surface area contributed by atoms with Gasteiger partial charge in [-0.3, -0.25) is 14.6 Å². The van der Waals surface area contributed by atoms with Gasteiger partial charge >= 0.3 is 0 Å². The minimum atomic E-state index is -0.696. The molecule has 7 nitrogen and oxygen atoms in total. The molecule has 1 aliphatic rings. The Kier molecular flexibility index (Phi) is 4.43. The van der Waals surface area contributed by atoms with Gasteiger partial charge in [0, 0.05) is 18.9 Å². The lowest BCUT2D eigenvalue weighted by Gasteiger charge is -2.25. The molecule has 7 heteroatoms. The summed E-state index contributed by atoms with van der Waals surface area (Å²) in [4.78, 5) is 32.5. The van der Waals surface area contributed by atoms with Crippen molar-refractivity contribution in [2.24, 2.45) is 0 Å². The second kappa shape index (κ2) is 7.28. The standard InChI is InChI=1S/C24H18N2O5/c1-30-19-11-15(8-9-17(19)27)21-20-22(28)16-6-2-3-7-18(16)31-23(20)24(29)26(21)13-14-5-4-10-25-12-14/h2-12,21,27H,13H2,1H3/t21-/m0/s1. The van der Waals surface area contributed by atoms with Crippen molar-refractivity contribution in [1.82, 2.24) is 9.88 Å². The number of nitrogens with zero attached hydrogens (tertiary/aromatic N) is 2. The Balaban J connectivity index is 1.74. The number of hydrogen-bond acceptors (Lipinski definition) is 6. The summed E-state index contributed by atoms with van der Waals surface area (Å²) in [7, 11) is 1.45. The van der Waals surface area contributed by atoms with Gasteiger partial charge in [0.05, 0.1) is 24.1 Å². The number of methoxy groups -OCH3 is 1. The van der Waals surface area contributed by atoms with Crippen LogP contribution in [-0.4, -0.2) is 28.0 Å². The number of fused-ring (bicyclic) bond motifs is 2. The van der Waals surface area contributed by atoms with E-state index in [2.05, 4.69) is 4.98 Å². The number of phenols is 1. The molecule has 31 heavy (non-hydrogen) atoms. The molecule has 5 rings (SSSR count). The van der Waals surface area contributed by atoms with Crippen molar-refractivity contribution < 1.29 is 19.1 Å². The Hall–Kier alpha value is -4.13. The van der Waals surface area contributed by atoms with Crippen molar-refractivity contribution in [3.05, 3.63) is 99.7 Å². The van der Waals surface area contributed by atoms with Gasteiger partial charge in [0.1, 0.15) is 5.58 Å². The third-order valence-electron chi connectivity index (χ3n) is 5.47. The third kappa shape index (κ3) is 3.02. The first kappa shape index (κ1) is 18.9. The molecule has 0 aliphatic carbocycles. The fourth-order valence-electron chi connectivity index (χ4n) is 4.03. The molecule has 2 aromatic carbocycles. The van der Waals surface area contributed by atoms with E-state index < -0.39 is 6.04 Å². The predicted molar refractivity (Wildman–Crippen MR) is 113 cm³/mol. The maximum Gasteiger partial charge on any atom is 0.291 e. The van der Waals surface area contributed by atoms with Crippen LogP contribution in [0.25, 0.3) is 11.0 Å². The summed E-state index contributed by atoms with van der Waals surface area (Å²) in [5, 5.41) is 10.4. The van der Waals surface area contributed by atoms with Crippen LogP contribution in [0.1, 0.15) is 33.3 Å². The largest absolute Gasteiger partial charge is 0.504 e. The zero-order chi connectivity index (χ0) is 21.5. The van der Waals surface area contributed by atoms with Gasteiger partial charge in [-0.2, -0.15) is 0 Å². The first-order chi connectivity index (χ1) is 15.1. The summed E-state index contributed by atoms with van der Waals surface area (Å²) >= 11 is 0. The van der Waals surface area contributed by atoms with Crippen LogP contribution in [0, 0.1) is 0 Å². The Morgan fingerprint density at radius 2 is 1.97 bits per heavy atom. The molecule has 0 saturated heterocycles. The molecule has 4 aromatic rings. The van der Waals surface area contributed by atoms with E-state index in [0.29, 0.717) is 16.5 Å². The number of pyridine rings is 1.